The van der Waals surface area contributed by atoms with E-state index in [-0.39, 0.29) is 11.9 Å². The summed E-state index contributed by atoms with van der Waals surface area (Å²) in [7, 11) is 0. The number of fused-ring (bicyclic) bond motifs is 2. The monoisotopic (exact) mass is 322 g/mol. The number of amides is 1. The Balaban J connectivity index is 1.45. The molecule has 0 spiro atoms. The summed E-state index contributed by atoms with van der Waals surface area (Å²) in [5, 5.41) is 3.19. The second-order valence-electron chi connectivity index (χ2n) is 6.45. The van der Waals surface area contributed by atoms with E-state index in [1.165, 1.54) is 11.3 Å². The minimum atomic E-state index is 0.0440. The number of nitrogens with zero attached hydrogens (tertiary/aromatic N) is 1. The van der Waals surface area contributed by atoms with Crippen LogP contribution in [0.3, 0.4) is 0 Å². The van der Waals surface area contributed by atoms with E-state index in [0.29, 0.717) is 13.2 Å². The Morgan fingerprint density at radius 3 is 2.96 bits per heavy atom. The predicted octanol–water partition coefficient (Wildman–Crippen LogP) is 3.08. The van der Waals surface area contributed by atoms with Crippen LogP contribution >= 0.6 is 0 Å². The second kappa shape index (κ2) is 6.56. The molecular weight excluding hydrogens is 300 g/mol. The molecule has 1 unspecified atom stereocenters. The molecule has 0 aromatic heterocycles. The van der Waals surface area contributed by atoms with E-state index < -0.39 is 0 Å². The SMILES string of the molecule is O=C(CN1CCCc2ccccc21)NC1CCOc2ccccc21. The zero-order chi connectivity index (χ0) is 16.4. The molecule has 2 aromatic carbocycles. The van der Waals surface area contributed by atoms with Gasteiger partial charge in [-0.2, -0.15) is 0 Å². The number of anilines is 1. The highest BCUT2D eigenvalue weighted by molar-refractivity contribution is 5.82. The summed E-state index contributed by atoms with van der Waals surface area (Å²) in [5.74, 6) is 0.964. The Morgan fingerprint density at radius 2 is 2.00 bits per heavy atom. The van der Waals surface area contributed by atoms with Crippen molar-refractivity contribution in [3.05, 3.63) is 59.7 Å². The Morgan fingerprint density at radius 1 is 1.17 bits per heavy atom. The molecule has 24 heavy (non-hydrogen) atoms. The third kappa shape index (κ3) is 2.96. The molecule has 0 saturated carbocycles. The van der Waals surface area contributed by atoms with Crippen LogP contribution in [0.25, 0.3) is 0 Å². The molecule has 0 aliphatic carbocycles. The summed E-state index contributed by atoms with van der Waals surface area (Å²) in [6.45, 7) is 2.00. The average molecular weight is 322 g/mol. The lowest BCUT2D eigenvalue weighted by Crippen LogP contribution is -2.42. The van der Waals surface area contributed by atoms with E-state index in [9.17, 15) is 4.79 Å². The summed E-state index contributed by atoms with van der Waals surface area (Å²) in [6, 6.07) is 16.4. The molecule has 1 atom stereocenters. The number of aryl methyl sites for hydroxylation is 1. The van der Waals surface area contributed by atoms with Gasteiger partial charge in [0.25, 0.3) is 0 Å². The molecule has 2 aliphatic rings. The number of benzene rings is 2. The second-order valence-corrected chi connectivity index (χ2v) is 6.45. The highest BCUT2D eigenvalue weighted by Gasteiger charge is 2.24. The van der Waals surface area contributed by atoms with Crippen LogP contribution in [0.5, 0.6) is 5.75 Å². The lowest BCUT2D eigenvalue weighted by Gasteiger charge is -2.32. The van der Waals surface area contributed by atoms with Crippen molar-refractivity contribution < 1.29 is 9.53 Å². The third-order valence-electron chi connectivity index (χ3n) is 4.83. The zero-order valence-electron chi connectivity index (χ0n) is 13.7. The first-order valence-electron chi connectivity index (χ1n) is 8.65. The van der Waals surface area contributed by atoms with Gasteiger partial charge in [-0.1, -0.05) is 36.4 Å². The fraction of sp³-hybridized carbons (Fsp3) is 0.350. The van der Waals surface area contributed by atoms with Gasteiger partial charge in [0.2, 0.25) is 5.91 Å². The van der Waals surface area contributed by atoms with Gasteiger partial charge in [-0.05, 0) is 30.5 Å². The number of carbonyl (C=O) groups is 1. The predicted molar refractivity (Wildman–Crippen MR) is 94.4 cm³/mol. The van der Waals surface area contributed by atoms with Crippen molar-refractivity contribution in [3.63, 3.8) is 0 Å². The number of ether oxygens (including phenoxy) is 1. The van der Waals surface area contributed by atoms with Gasteiger partial charge < -0.3 is 15.0 Å². The summed E-state index contributed by atoms with van der Waals surface area (Å²) in [6.07, 6.45) is 3.02. The standard InChI is InChI=1S/C20H22N2O2/c23-20(14-22-12-5-7-15-6-1-3-9-18(15)22)21-17-11-13-24-19-10-4-2-8-16(17)19/h1-4,6,8-10,17H,5,7,11-14H2,(H,21,23). The number of para-hydroxylation sites is 2. The van der Waals surface area contributed by atoms with Crippen molar-refractivity contribution in [1.29, 1.82) is 0 Å². The molecule has 2 aliphatic heterocycles. The highest BCUT2D eigenvalue weighted by atomic mass is 16.5. The summed E-state index contributed by atoms with van der Waals surface area (Å²) in [4.78, 5) is 14.8. The number of carbonyl (C=O) groups excluding carboxylic acids is 1. The zero-order valence-corrected chi connectivity index (χ0v) is 13.7. The molecule has 1 N–H and O–H groups in total. The van der Waals surface area contributed by atoms with Crippen LogP contribution in [0.15, 0.2) is 48.5 Å². The number of rotatable bonds is 3. The lowest BCUT2D eigenvalue weighted by atomic mass is 10.00. The van der Waals surface area contributed by atoms with Gasteiger partial charge in [-0.15, -0.1) is 0 Å². The fourth-order valence-electron chi connectivity index (χ4n) is 3.68. The van der Waals surface area contributed by atoms with E-state index in [2.05, 4.69) is 28.4 Å². The third-order valence-corrected chi connectivity index (χ3v) is 4.83. The van der Waals surface area contributed by atoms with Crippen molar-refractivity contribution in [2.75, 3.05) is 24.6 Å². The Hall–Kier alpha value is -2.49. The smallest absolute Gasteiger partial charge is 0.240 e. The highest BCUT2D eigenvalue weighted by Crippen LogP contribution is 2.31. The molecule has 124 valence electrons. The van der Waals surface area contributed by atoms with Crippen LogP contribution in [-0.2, 0) is 11.2 Å². The van der Waals surface area contributed by atoms with Crippen LogP contribution in [-0.4, -0.2) is 25.6 Å². The minimum Gasteiger partial charge on any atom is -0.493 e. The topological polar surface area (TPSA) is 41.6 Å². The van der Waals surface area contributed by atoms with Gasteiger partial charge >= 0.3 is 0 Å². The molecule has 0 fully saturated rings. The van der Waals surface area contributed by atoms with E-state index in [0.717, 1.165) is 37.1 Å². The first-order valence-corrected chi connectivity index (χ1v) is 8.65. The molecule has 4 rings (SSSR count). The van der Waals surface area contributed by atoms with Crippen LogP contribution in [0, 0.1) is 0 Å². The van der Waals surface area contributed by atoms with Gasteiger partial charge in [0.05, 0.1) is 19.2 Å². The quantitative estimate of drug-likeness (QED) is 0.944. The van der Waals surface area contributed by atoms with Gasteiger partial charge in [-0.3, -0.25) is 4.79 Å². The van der Waals surface area contributed by atoms with Crippen LogP contribution in [0.1, 0.15) is 30.0 Å². The fourth-order valence-corrected chi connectivity index (χ4v) is 3.68. The van der Waals surface area contributed by atoms with Crippen LogP contribution in [0.2, 0.25) is 0 Å². The molecule has 0 saturated heterocycles. The Kier molecular flexibility index (Phi) is 4.11. The summed E-state index contributed by atoms with van der Waals surface area (Å²) >= 11 is 0. The minimum absolute atomic E-state index is 0.0440. The molecule has 4 heteroatoms. The van der Waals surface area contributed by atoms with E-state index in [1.54, 1.807) is 0 Å². The molecule has 0 bridgehead atoms. The summed E-state index contributed by atoms with van der Waals surface area (Å²) < 4.78 is 5.67. The molecule has 0 radical (unpaired) electrons. The van der Waals surface area contributed by atoms with Crippen molar-refractivity contribution in [2.24, 2.45) is 0 Å². The number of nitrogens with one attached hydrogen (secondary N) is 1. The summed E-state index contributed by atoms with van der Waals surface area (Å²) in [5.41, 5.74) is 3.62. The number of hydrogen-bond donors (Lipinski definition) is 1. The van der Waals surface area contributed by atoms with E-state index >= 15 is 0 Å². The first-order chi connectivity index (χ1) is 11.8. The molecule has 2 heterocycles. The number of hydrogen-bond acceptors (Lipinski definition) is 3. The van der Waals surface area contributed by atoms with E-state index in [4.69, 9.17) is 4.74 Å². The molecule has 4 nitrogen and oxygen atoms in total. The maximum absolute atomic E-state index is 12.6. The van der Waals surface area contributed by atoms with Crippen molar-refractivity contribution in [1.82, 2.24) is 5.32 Å². The van der Waals surface area contributed by atoms with Crippen molar-refractivity contribution in [2.45, 2.75) is 25.3 Å². The normalized spacial score (nSPS) is 19.0. The van der Waals surface area contributed by atoms with Gasteiger partial charge in [0, 0.05) is 24.2 Å². The Labute approximate surface area is 142 Å². The van der Waals surface area contributed by atoms with Crippen molar-refractivity contribution >= 4 is 11.6 Å². The van der Waals surface area contributed by atoms with Crippen molar-refractivity contribution in [3.8, 4) is 5.75 Å². The lowest BCUT2D eigenvalue weighted by molar-refractivity contribution is -0.120. The maximum atomic E-state index is 12.6. The molecule has 2 aromatic rings. The molecule has 1 amide bonds. The van der Waals surface area contributed by atoms with Crippen LogP contribution < -0.4 is 15.0 Å². The Bertz CT molecular complexity index is 682. The molecular formula is C20H22N2O2. The van der Waals surface area contributed by atoms with Crippen LogP contribution in [0.4, 0.5) is 5.69 Å². The first kappa shape index (κ1) is 15.1. The largest absolute Gasteiger partial charge is 0.493 e. The maximum Gasteiger partial charge on any atom is 0.240 e. The van der Waals surface area contributed by atoms with E-state index in [1.807, 2.05) is 30.3 Å². The van der Waals surface area contributed by atoms with Gasteiger partial charge in [-0.25, -0.2) is 0 Å². The van der Waals surface area contributed by atoms with Gasteiger partial charge in [0.1, 0.15) is 5.75 Å². The average Bonchev–Trinajstić information content (AvgIpc) is 2.62. The van der Waals surface area contributed by atoms with Gasteiger partial charge in [0.15, 0.2) is 0 Å².